The van der Waals surface area contributed by atoms with Gasteiger partial charge >= 0.3 is 5.97 Å². The van der Waals surface area contributed by atoms with E-state index in [-0.39, 0.29) is 37.7 Å². The maximum Gasteiger partial charge on any atom is 0.311 e. The van der Waals surface area contributed by atoms with Crippen molar-refractivity contribution in [1.82, 2.24) is 48.7 Å². The van der Waals surface area contributed by atoms with E-state index >= 15 is 0 Å². The van der Waals surface area contributed by atoms with Crippen molar-refractivity contribution in [1.29, 1.82) is 10.5 Å². The molecule has 0 bridgehead atoms. The Morgan fingerprint density at radius 3 is 1.34 bits per heavy atom. The molecule has 8 aromatic heterocycles. The Hall–Kier alpha value is -9.38. The Bertz CT molecular complexity index is 3580. The number of aromatic nitrogens is 10. The van der Waals surface area contributed by atoms with Crippen LogP contribution in [0.25, 0.3) is 56.1 Å². The van der Waals surface area contributed by atoms with Gasteiger partial charge in [0.2, 0.25) is 5.91 Å². The number of carboxylic acids is 1. The number of primary amides is 1. The van der Waals surface area contributed by atoms with E-state index in [1.165, 1.54) is 46.9 Å². The highest BCUT2D eigenvalue weighted by molar-refractivity contribution is 7.17. The SMILES string of the molecule is C.CCc1nc2ccc(-c3cnc(CC(=O)O)nc3)cn2c1N(C)c1nc(-c2ccc(F)cc2)c(C#N)s1.CCc1nc2ccc(-c3cnc(CC(N)=O)nc3)cn2c1N(C)c1nc(-c2ccc(F)cc2)c(C#N)s1.[2H]CC. The summed E-state index contributed by atoms with van der Waals surface area (Å²) in [5.74, 6) is 0.0302. The number of aliphatic carboxylic acids is 1. The maximum atomic E-state index is 13.4. The number of carboxylic acid groups (broad SMARTS) is 1. The third-order valence-electron chi connectivity index (χ3n) is 11.6. The zero-order valence-corrected chi connectivity index (χ0v) is 43.2. The number of anilines is 4. The summed E-state index contributed by atoms with van der Waals surface area (Å²) in [5.41, 5.74) is 14.0. The summed E-state index contributed by atoms with van der Waals surface area (Å²) < 4.78 is 37.0. The quantitative estimate of drug-likeness (QED) is 0.103. The van der Waals surface area contributed by atoms with E-state index in [9.17, 15) is 28.9 Å². The van der Waals surface area contributed by atoms with Crippen LogP contribution in [0.5, 0.6) is 0 Å². The molecule has 18 nitrogen and oxygen atoms in total. The lowest BCUT2D eigenvalue weighted by molar-refractivity contribution is -0.136. The van der Waals surface area contributed by atoms with E-state index in [0.717, 1.165) is 56.6 Å². The van der Waals surface area contributed by atoms with Gasteiger partial charge in [0.15, 0.2) is 10.3 Å². The fraction of sp³-hybridized carbons (Fsp3) is 0.200. The standard InChI is InChI=1S/C26H21FN8OS.C26H20FN7O2S.C2H6.CH4/c1-3-19-25(34(2)26-33-24(20(11-28)37-26)15-4-7-18(27)8-5-15)35-14-16(6-9-23(35)32-19)17-12-30-22(31-13-17)10-21(29)36;1-3-19-25(33(2)26-32-24(20(11-28)37-26)15-4-7-18(27)8-5-15)34-14-16(6-9-22(34)31-19)17-12-29-21(30-13-17)10-23(35)36;1-2;/h4-9,12-14H,3,10H2,1-2H3,(H2,29,36);4-9,12-14H,3,10H2,1-2H3,(H,35,36);1-2H3;1H4/i;;1D;. The van der Waals surface area contributed by atoms with Crippen LogP contribution in [0.15, 0.2) is 110 Å². The highest BCUT2D eigenvalue weighted by Crippen LogP contribution is 2.39. The molecule has 0 aliphatic rings. The second-order valence-electron chi connectivity index (χ2n) is 16.5. The number of rotatable bonds is 14. The minimum atomic E-state index is -0.989. The molecule has 3 N–H and O–H groups in total. The number of hydrogen-bond acceptors (Lipinski definition) is 16. The van der Waals surface area contributed by atoms with Crippen molar-refractivity contribution in [2.45, 2.75) is 60.8 Å². The molecule has 8 heterocycles. The molecule has 77 heavy (non-hydrogen) atoms. The summed E-state index contributed by atoms with van der Waals surface area (Å²) in [6.45, 7) is 6.33. The second kappa shape index (κ2) is 24.3. The molecule has 0 atom stereocenters. The van der Waals surface area contributed by atoms with Crippen molar-refractivity contribution in [3.05, 3.63) is 154 Å². The Balaban J connectivity index is 0.000000213. The largest absolute Gasteiger partial charge is 0.481 e. The molecule has 0 radical (unpaired) electrons. The number of amides is 1. The van der Waals surface area contributed by atoms with Crippen LogP contribution >= 0.6 is 22.7 Å². The summed E-state index contributed by atoms with van der Waals surface area (Å²) in [7, 11) is 3.75. The number of fused-ring (bicyclic) bond motifs is 2. The normalized spacial score (nSPS) is 10.8. The predicted molar refractivity (Wildman–Crippen MR) is 294 cm³/mol. The first-order chi connectivity index (χ1) is 37.2. The second-order valence-corrected chi connectivity index (χ2v) is 18.4. The maximum absolute atomic E-state index is 13.4. The van der Waals surface area contributed by atoms with E-state index < -0.39 is 11.9 Å². The molecular formula is C55H51F2N15O3S2. The number of carbonyl (C=O) groups excluding carboxylic acids is 1. The van der Waals surface area contributed by atoms with Crippen LogP contribution in [0, 0.1) is 34.3 Å². The molecule has 10 aromatic rings. The Morgan fingerprint density at radius 2 is 1.00 bits per heavy atom. The topological polar surface area (TPSA) is 246 Å². The van der Waals surface area contributed by atoms with Crippen LogP contribution in [-0.2, 0) is 35.3 Å². The van der Waals surface area contributed by atoms with Crippen molar-refractivity contribution in [3.8, 4) is 56.9 Å². The van der Waals surface area contributed by atoms with Gasteiger partial charge in [0.05, 0.1) is 17.8 Å². The van der Waals surface area contributed by atoms with Crippen molar-refractivity contribution < 1.29 is 24.8 Å². The number of benzene rings is 2. The predicted octanol–water partition coefficient (Wildman–Crippen LogP) is 10.8. The Kier molecular flexibility index (Phi) is 17.0. The van der Waals surface area contributed by atoms with Crippen LogP contribution in [0.3, 0.4) is 0 Å². The number of imidazole rings is 2. The Morgan fingerprint density at radius 1 is 0.636 bits per heavy atom. The lowest BCUT2D eigenvalue weighted by Crippen LogP contribution is -2.15. The molecule has 0 fully saturated rings. The van der Waals surface area contributed by atoms with Crippen LogP contribution in [0.4, 0.5) is 30.7 Å². The summed E-state index contributed by atoms with van der Waals surface area (Å²) >= 11 is 2.51. The van der Waals surface area contributed by atoms with Crippen molar-refractivity contribution in [2.75, 3.05) is 23.9 Å². The average molecular weight is 1070 g/mol. The zero-order valence-electron chi connectivity index (χ0n) is 42.6. The monoisotopic (exact) mass is 1070 g/mol. The van der Waals surface area contributed by atoms with Crippen molar-refractivity contribution in [2.24, 2.45) is 5.73 Å². The number of pyridine rings is 2. The molecule has 0 spiro atoms. The smallest absolute Gasteiger partial charge is 0.311 e. The van der Waals surface area contributed by atoms with Gasteiger partial charge in [-0.25, -0.2) is 48.7 Å². The number of hydrogen-bond donors (Lipinski definition) is 2. The minimum Gasteiger partial charge on any atom is -0.481 e. The van der Waals surface area contributed by atoms with Crippen LogP contribution in [0.1, 0.15) is 69.3 Å². The third-order valence-corrected chi connectivity index (χ3v) is 13.7. The van der Waals surface area contributed by atoms with Crippen LogP contribution in [0.2, 0.25) is 0 Å². The minimum absolute atomic E-state index is 0. The van der Waals surface area contributed by atoms with Gasteiger partial charge in [0.1, 0.15) is 85.9 Å². The van der Waals surface area contributed by atoms with Crippen LogP contribution in [-0.4, -0.2) is 79.8 Å². The van der Waals surface area contributed by atoms with Crippen molar-refractivity contribution >= 4 is 67.7 Å². The van der Waals surface area contributed by atoms with Gasteiger partial charge in [-0.15, -0.1) is 0 Å². The van der Waals surface area contributed by atoms with Gasteiger partial charge in [0, 0.05) is 86.0 Å². The van der Waals surface area contributed by atoms with Gasteiger partial charge in [-0.1, -0.05) is 57.8 Å². The van der Waals surface area contributed by atoms with Gasteiger partial charge in [-0.05, 0) is 85.6 Å². The number of nitrogens with zero attached hydrogens (tertiary/aromatic N) is 14. The Labute approximate surface area is 451 Å². The lowest BCUT2D eigenvalue weighted by atomic mass is 10.1. The van der Waals surface area contributed by atoms with Gasteiger partial charge in [-0.2, -0.15) is 10.5 Å². The molecule has 390 valence electrons. The number of aryl methyl sites for hydroxylation is 2. The van der Waals surface area contributed by atoms with E-state index in [2.05, 4.69) is 32.1 Å². The first-order valence-corrected chi connectivity index (χ1v) is 25.0. The molecule has 0 saturated heterocycles. The summed E-state index contributed by atoms with van der Waals surface area (Å²) in [4.78, 5) is 62.6. The molecular weight excluding hydrogens is 1020 g/mol. The number of nitriles is 2. The molecule has 0 saturated carbocycles. The van der Waals surface area contributed by atoms with Crippen molar-refractivity contribution in [3.63, 3.8) is 0 Å². The number of nitrogens with two attached hydrogens (primary N) is 1. The van der Waals surface area contributed by atoms with Crippen LogP contribution < -0.4 is 15.5 Å². The summed E-state index contributed by atoms with van der Waals surface area (Å²) in [6, 6.07) is 23.9. The lowest BCUT2D eigenvalue weighted by Gasteiger charge is -2.17. The first-order valence-electron chi connectivity index (χ1n) is 24.1. The average Bonchev–Trinajstić information content (AvgIpc) is 4.31. The van der Waals surface area contributed by atoms with Gasteiger partial charge in [0.25, 0.3) is 0 Å². The fourth-order valence-corrected chi connectivity index (χ4v) is 9.71. The van der Waals surface area contributed by atoms with E-state index in [4.69, 9.17) is 32.1 Å². The molecule has 0 aliphatic heterocycles. The molecule has 22 heteroatoms. The number of carbonyl (C=O) groups is 2. The number of halogens is 2. The summed E-state index contributed by atoms with van der Waals surface area (Å²) in [6.07, 6.45) is 11.5. The third kappa shape index (κ3) is 11.9. The van der Waals surface area contributed by atoms with Gasteiger partial charge in [-0.3, -0.25) is 18.4 Å². The van der Waals surface area contributed by atoms with E-state index in [1.54, 1.807) is 56.0 Å². The van der Waals surface area contributed by atoms with E-state index in [1.807, 2.05) is 83.2 Å². The van der Waals surface area contributed by atoms with Gasteiger partial charge < -0.3 is 20.6 Å². The molecule has 0 aliphatic carbocycles. The first kappa shape index (κ1) is 53.9. The highest BCUT2D eigenvalue weighted by Gasteiger charge is 2.24. The molecule has 10 rings (SSSR count). The van der Waals surface area contributed by atoms with E-state index in [0.29, 0.717) is 68.1 Å². The highest BCUT2D eigenvalue weighted by atomic mass is 32.1. The molecule has 1 amide bonds. The summed E-state index contributed by atoms with van der Waals surface area (Å²) in [5, 5.41) is 29.6. The molecule has 0 unspecified atom stereocenters. The fourth-order valence-electron chi connectivity index (χ4n) is 8.01. The molecule has 2 aromatic carbocycles. The number of thiazole rings is 2. The zero-order chi connectivity index (χ0) is 54.9.